The summed E-state index contributed by atoms with van der Waals surface area (Å²) >= 11 is 0. The zero-order valence-electron chi connectivity index (χ0n) is 26.0. The quantitative estimate of drug-likeness (QED) is 0.0633. The van der Waals surface area contributed by atoms with Crippen molar-refractivity contribution < 1.29 is 57.3 Å². The number of rotatable bonds is 15. The summed E-state index contributed by atoms with van der Waals surface area (Å²) in [7, 11) is 0. The molecule has 0 fully saturated rings. The number of carbonyl (C=O) groups is 6. The molecule has 0 unspecified atom stereocenters. The summed E-state index contributed by atoms with van der Waals surface area (Å²) in [4.78, 5) is 83.7. The normalized spacial score (nSPS) is 11.3. The van der Waals surface area contributed by atoms with Crippen LogP contribution in [0.4, 0.5) is 0 Å². The lowest BCUT2D eigenvalue weighted by atomic mass is 9.88. The first-order valence-electron chi connectivity index (χ1n) is 13.2. The molecule has 0 spiro atoms. The lowest BCUT2D eigenvalue weighted by Gasteiger charge is -2.21. The molecule has 16 heteroatoms. The topological polar surface area (TPSA) is 243 Å². The summed E-state index contributed by atoms with van der Waals surface area (Å²) in [5, 5.41) is 0. The first kappa shape index (κ1) is 38.5. The fraction of sp³-hybridized carbons (Fsp3) is 0.667. The van der Waals surface area contributed by atoms with Gasteiger partial charge < -0.3 is 30.8 Å². The largest absolute Gasteiger partial charge is 0.455 e. The Kier molecular flexibility index (Phi) is 14.5. The maximum atomic E-state index is 12.3. The maximum Gasteiger partial charge on any atom is 0.442 e. The minimum atomic E-state index is -1.19. The Morgan fingerprint density at radius 3 is 0.860 bits per heavy atom. The molecule has 0 saturated carbocycles. The number of carbonyl (C=O) groups excluding carboxylic acids is 6. The molecule has 0 aromatic carbocycles. The third-order valence-corrected chi connectivity index (χ3v) is 5.49. The van der Waals surface area contributed by atoms with E-state index in [1.807, 2.05) is 0 Å². The summed E-state index contributed by atoms with van der Waals surface area (Å²) in [6, 6.07) is 0. The highest BCUT2D eigenvalue weighted by Gasteiger charge is 2.41. The van der Waals surface area contributed by atoms with Crippen LogP contribution in [0.25, 0.3) is 16.6 Å². The fourth-order valence-electron chi connectivity index (χ4n) is 2.95. The summed E-state index contributed by atoms with van der Waals surface area (Å²) < 4.78 is 15.1. The van der Waals surface area contributed by atoms with Gasteiger partial charge in [0.2, 0.25) is 0 Å². The van der Waals surface area contributed by atoms with Crippen molar-refractivity contribution in [3.8, 4) is 0 Å². The lowest BCUT2D eigenvalue weighted by molar-refractivity contribution is -0.143. The highest BCUT2D eigenvalue weighted by atomic mass is 16.5. The van der Waals surface area contributed by atoms with Crippen LogP contribution in [0.2, 0.25) is 0 Å². The van der Waals surface area contributed by atoms with E-state index in [4.69, 9.17) is 30.8 Å². The third-order valence-electron chi connectivity index (χ3n) is 5.49. The molecule has 0 heterocycles. The van der Waals surface area contributed by atoms with Gasteiger partial charge in [-0.3, -0.25) is 19.3 Å². The lowest BCUT2D eigenvalue weighted by Crippen LogP contribution is -2.40. The zero-order valence-corrected chi connectivity index (χ0v) is 26.0. The average molecular weight is 606 g/mol. The van der Waals surface area contributed by atoms with E-state index in [9.17, 15) is 28.8 Å². The molecule has 0 amide bonds. The summed E-state index contributed by atoms with van der Waals surface area (Å²) in [6.07, 6.45) is 0. The van der Waals surface area contributed by atoms with Gasteiger partial charge in [-0.15, -0.1) is 0 Å². The van der Waals surface area contributed by atoms with Crippen LogP contribution in [-0.2, 0) is 43.0 Å². The molecular weight excluding hydrogens is 566 g/mol. The molecule has 43 heavy (non-hydrogen) atoms. The van der Waals surface area contributed by atoms with Crippen molar-refractivity contribution in [1.82, 2.24) is 4.90 Å². The molecule has 0 atom stereocenters. The number of hydrogen-bond donors (Lipinski definition) is 0. The van der Waals surface area contributed by atoms with Crippen molar-refractivity contribution >= 4 is 52.4 Å². The zero-order chi connectivity index (χ0) is 33.8. The highest BCUT2D eigenvalue weighted by Crippen LogP contribution is 2.17. The number of hydrogen-bond acceptors (Lipinski definition) is 10. The van der Waals surface area contributed by atoms with E-state index in [0.29, 0.717) is 0 Å². The number of Topliss-reactive ketones (excluding diaryl/α,β-unsaturated/α-hetero) is 3. The molecule has 0 aliphatic heterocycles. The standard InChI is InChI=1S/C27H39N7O9/c1-25(2,3)19(35)16(31-28)22(38)41-13-10-34(11-14-42-23(39)17(32-29)20(36)26(4,5)6)12-15-43-24(40)18(33-30)21(37)27(7,8)9/h10-15H2,1-9H3. The Morgan fingerprint density at radius 1 is 0.488 bits per heavy atom. The number of ketones is 3. The molecule has 0 saturated heterocycles. The van der Waals surface area contributed by atoms with Crippen molar-refractivity contribution in [2.24, 2.45) is 16.2 Å². The molecule has 0 aromatic heterocycles. The van der Waals surface area contributed by atoms with E-state index in [2.05, 4.69) is 14.4 Å². The Balaban J connectivity index is 5.53. The minimum Gasteiger partial charge on any atom is -0.455 e. The number of esters is 3. The van der Waals surface area contributed by atoms with Crippen LogP contribution >= 0.6 is 0 Å². The van der Waals surface area contributed by atoms with Crippen LogP contribution in [0, 0.1) is 16.2 Å². The van der Waals surface area contributed by atoms with Gasteiger partial charge in [0.15, 0.2) is 0 Å². The molecule has 0 aliphatic carbocycles. The molecule has 0 rings (SSSR count). The van der Waals surface area contributed by atoms with Gasteiger partial charge in [0.25, 0.3) is 17.3 Å². The molecule has 0 aromatic rings. The Bertz CT molecular complexity index is 1120. The summed E-state index contributed by atoms with van der Waals surface area (Å²) in [6.45, 7) is 12.4. The SMILES string of the molecule is CC(C)(C)C(=O)C(=[N+]=[N-])C(=O)OCCN(CCOC(=O)C(=[N+]=[N-])C(=O)C(C)(C)C)CCOC(=O)C(=[N+]=[N-])C(=O)C(C)(C)C. The predicted octanol–water partition coefficient (Wildman–Crippen LogP) is 0.776. The molecular formula is C27H39N7O9. The van der Waals surface area contributed by atoms with Gasteiger partial charge in [-0.2, -0.15) is 14.4 Å². The van der Waals surface area contributed by atoms with E-state index in [0.717, 1.165) is 0 Å². The monoisotopic (exact) mass is 605 g/mol. The van der Waals surface area contributed by atoms with Crippen molar-refractivity contribution in [3.63, 3.8) is 0 Å². The van der Waals surface area contributed by atoms with Gasteiger partial charge in [0.05, 0.1) is 0 Å². The number of nitrogens with zero attached hydrogens (tertiary/aromatic N) is 7. The molecule has 16 nitrogen and oxygen atoms in total. The third kappa shape index (κ3) is 12.5. The van der Waals surface area contributed by atoms with Crippen LogP contribution in [0.1, 0.15) is 62.3 Å². The van der Waals surface area contributed by atoms with Crippen LogP contribution in [0.15, 0.2) is 0 Å². The fourth-order valence-corrected chi connectivity index (χ4v) is 2.95. The second-order valence-electron chi connectivity index (χ2n) is 12.3. The van der Waals surface area contributed by atoms with Gasteiger partial charge in [-0.1, -0.05) is 62.3 Å². The van der Waals surface area contributed by atoms with Gasteiger partial charge in [-0.25, -0.2) is 14.4 Å². The van der Waals surface area contributed by atoms with Gasteiger partial charge in [0.1, 0.15) is 19.8 Å². The Labute approximate surface area is 249 Å². The predicted molar refractivity (Wildman–Crippen MR) is 149 cm³/mol. The van der Waals surface area contributed by atoms with Gasteiger partial charge in [-0.05, 0) is 0 Å². The molecule has 0 aliphatic rings. The van der Waals surface area contributed by atoms with Crippen LogP contribution in [-0.4, -0.2) is 111 Å². The molecule has 236 valence electrons. The van der Waals surface area contributed by atoms with Crippen molar-refractivity contribution in [1.29, 1.82) is 0 Å². The van der Waals surface area contributed by atoms with E-state index in [-0.39, 0.29) is 39.5 Å². The van der Waals surface area contributed by atoms with Gasteiger partial charge >= 0.3 is 35.0 Å². The maximum absolute atomic E-state index is 12.3. The second-order valence-corrected chi connectivity index (χ2v) is 12.3. The highest BCUT2D eigenvalue weighted by molar-refractivity contribution is 6.64. The van der Waals surface area contributed by atoms with E-state index in [1.165, 1.54) is 67.2 Å². The first-order chi connectivity index (χ1) is 19.6. The Morgan fingerprint density at radius 2 is 0.698 bits per heavy atom. The first-order valence-corrected chi connectivity index (χ1v) is 13.2. The van der Waals surface area contributed by atoms with Gasteiger partial charge in [0, 0.05) is 35.9 Å². The summed E-state index contributed by atoms with van der Waals surface area (Å²) in [5.41, 5.74) is 21.9. The second kappa shape index (κ2) is 16.2. The van der Waals surface area contributed by atoms with E-state index < -0.39 is 68.6 Å². The van der Waals surface area contributed by atoms with Crippen LogP contribution < -0.4 is 0 Å². The van der Waals surface area contributed by atoms with Crippen molar-refractivity contribution in [2.75, 3.05) is 39.5 Å². The Hall–Kier alpha value is -4.48. The smallest absolute Gasteiger partial charge is 0.442 e. The van der Waals surface area contributed by atoms with E-state index in [1.54, 1.807) is 0 Å². The van der Waals surface area contributed by atoms with E-state index >= 15 is 0 Å². The van der Waals surface area contributed by atoms with Crippen molar-refractivity contribution in [2.45, 2.75) is 62.3 Å². The average Bonchev–Trinajstić information content (AvgIpc) is 2.87. The summed E-state index contributed by atoms with van der Waals surface area (Å²) in [5.74, 6) is -5.83. The minimum absolute atomic E-state index is 0.0764. The van der Waals surface area contributed by atoms with Crippen molar-refractivity contribution in [3.05, 3.63) is 16.6 Å². The molecule has 0 radical (unpaired) electrons. The number of ether oxygens (including phenoxy) is 3. The van der Waals surface area contributed by atoms with Crippen LogP contribution in [0.5, 0.6) is 0 Å². The molecule has 0 N–H and O–H groups in total. The molecule has 0 bridgehead atoms. The van der Waals surface area contributed by atoms with Crippen LogP contribution in [0.3, 0.4) is 0 Å².